The predicted octanol–water partition coefficient (Wildman–Crippen LogP) is 0.260. The molecule has 0 aromatic heterocycles. The van der Waals surface area contributed by atoms with Crippen molar-refractivity contribution in [1.82, 2.24) is 0 Å². The molecule has 0 fully saturated rings. The molecular weight excluding hydrogens is 380 g/mol. The molecule has 0 amide bonds. The molecular formula is C4H10O13P4+4. The molecule has 0 bridgehead atoms. The van der Waals surface area contributed by atoms with Gasteiger partial charge in [0.1, 0.15) is 5.92 Å². The van der Waals surface area contributed by atoms with Gasteiger partial charge >= 0.3 is 39.0 Å². The van der Waals surface area contributed by atoms with Crippen molar-refractivity contribution in [2.45, 2.75) is 19.2 Å². The van der Waals surface area contributed by atoms with E-state index in [1.807, 2.05) is 0 Å². The number of rotatable bonds is 10. The zero-order valence-electron chi connectivity index (χ0n) is 9.95. The smallest absolute Gasteiger partial charge is 0.337 e. The third kappa shape index (κ3) is 8.29. The maximum atomic E-state index is 10.6. The van der Waals surface area contributed by atoms with Gasteiger partial charge in [0.2, 0.25) is 0 Å². The van der Waals surface area contributed by atoms with Gasteiger partial charge in [-0.05, 0) is 16.0 Å². The fourth-order valence-corrected chi connectivity index (χ4v) is 2.75. The Morgan fingerprint density at radius 1 is 0.810 bits per heavy atom. The average molecular weight is 390 g/mol. The molecule has 17 heteroatoms. The Labute approximate surface area is 120 Å². The van der Waals surface area contributed by atoms with Gasteiger partial charge in [-0.15, -0.1) is 19.6 Å². The van der Waals surface area contributed by atoms with E-state index in [9.17, 15) is 23.4 Å². The Morgan fingerprint density at radius 3 is 1.38 bits per heavy atom. The minimum Gasteiger partial charge on any atom is -0.337 e. The summed E-state index contributed by atoms with van der Waals surface area (Å²) in [7, 11) is -13.9. The zero-order valence-corrected chi connectivity index (χ0v) is 13.5. The van der Waals surface area contributed by atoms with Crippen LogP contribution < -0.4 is 0 Å². The fourth-order valence-electron chi connectivity index (χ4n) is 0.958. The molecule has 0 saturated heterocycles. The second-order valence-corrected chi connectivity index (χ2v) is 5.82. The van der Waals surface area contributed by atoms with Crippen LogP contribution in [0.1, 0.15) is 6.92 Å². The molecule has 0 heterocycles. The van der Waals surface area contributed by atoms with Crippen LogP contribution in [0.5, 0.6) is 0 Å². The molecule has 5 atom stereocenters. The summed E-state index contributed by atoms with van der Waals surface area (Å²) < 4.78 is 58.6. The molecule has 0 radical (unpaired) electrons. The molecule has 0 aliphatic rings. The van der Waals surface area contributed by atoms with E-state index in [-0.39, 0.29) is 0 Å². The summed E-state index contributed by atoms with van der Waals surface area (Å²) in [5.74, 6) is -5.18. The van der Waals surface area contributed by atoms with Crippen LogP contribution in [0.3, 0.4) is 0 Å². The Balaban J connectivity index is 5.38. The minimum atomic E-state index is -3.56. The lowest BCUT2D eigenvalue weighted by molar-refractivity contribution is -0.326. The second kappa shape index (κ2) is 9.24. The fraction of sp³-hybridized carbons (Fsp3) is 1.00. The SMILES string of the molecule is CC(C(O[P+](=O)O)O[P+](=O)O)C(O)(O[P+](=O)O)O[P+](=O)O. The van der Waals surface area contributed by atoms with E-state index in [0.29, 0.717) is 0 Å². The Bertz CT molecular complexity index is 404. The summed E-state index contributed by atoms with van der Waals surface area (Å²) >= 11 is 0. The molecule has 0 rings (SSSR count). The highest BCUT2D eigenvalue weighted by Crippen LogP contribution is 2.42. The highest BCUT2D eigenvalue weighted by atomic mass is 31.1. The van der Waals surface area contributed by atoms with Crippen molar-refractivity contribution in [3.05, 3.63) is 0 Å². The molecule has 5 unspecified atom stereocenters. The first kappa shape index (κ1) is 21.0. The van der Waals surface area contributed by atoms with Gasteiger partial charge in [0.05, 0.1) is 0 Å². The topological polar surface area (TPSA) is 206 Å². The monoisotopic (exact) mass is 390 g/mol. The summed E-state index contributed by atoms with van der Waals surface area (Å²) in [6.45, 7) is 0.847. The quantitative estimate of drug-likeness (QED) is 0.251. The lowest BCUT2D eigenvalue weighted by atomic mass is 10.1. The minimum absolute atomic E-state index is 0.847. The van der Waals surface area contributed by atoms with Gasteiger partial charge < -0.3 is 5.11 Å². The molecule has 21 heavy (non-hydrogen) atoms. The Morgan fingerprint density at radius 2 is 1.14 bits per heavy atom. The van der Waals surface area contributed by atoms with Crippen molar-refractivity contribution in [3.8, 4) is 0 Å². The van der Waals surface area contributed by atoms with Crippen LogP contribution in [0, 0.1) is 5.92 Å². The van der Waals surface area contributed by atoms with Gasteiger partial charge in [-0.25, -0.2) is 0 Å². The van der Waals surface area contributed by atoms with Gasteiger partial charge in [-0.3, -0.25) is 0 Å². The third-order valence-electron chi connectivity index (χ3n) is 1.79. The molecule has 13 nitrogen and oxygen atoms in total. The van der Waals surface area contributed by atoms with Crippen molar-refractivity contribution < 1.29 is 61.0 Å². The summed E-state index contributed by atoms with van der Waals surface area (Å²) in [5.41, 5.74) is 0. The van der Waals surface area contributed by atoms with Crippen LogP contribution in [0.15, 0.2) is 0 Å². The molecule has 120 valence electrons. The Kier molecular flexibility index (Phi) is 9.26. The third-order valence-corrected chi connectivity index (χ3v) is 3.40. The standard InChI is InChI=1S/C4H6O13P4/c1-2(3(14-18(6)7)15-19(8)9)4(5,16-20(10)11)17-21(12)13/h2-3,5H,1H3/p+4. The van der Waals surface area contributed by atoms with Crippen molar-refractivity contribution in [2.75, 3.05) is 0 Å². The van der Waals surface area contributed by atoms with Crippen LogP contribution in [0.25, 0.3) is 0 Å². The van der Waals surface area contributed by atoms with Gasteiger partial charge in [0.25, 0.3) is 6.29 Å². The average Bonchev–Trinajstić information content (AvgIpc) is 2.23. The van der Waals surface area contributed by atoms with Crippen molar-refractivity contribution >= 4 is 33.0 Å². The zero-order chi connectivity index (χ0) is 16.8. The molecule has 0 saturated carbocycles. The highest BCUT2D eigenvalue weighted by Gasteiger charge is 2.59. The van der Waals surface area contributed by atoms with E-state index >= 15 is 0 Å². The van der Waals surface area contributed by atoms with Gasteiger partial charge in [-0.1, -0.05) is 9.05 Å². The van der Waals surface area contributed by atoms with Crippen LogP contribution in [-0.4, -0.2) is 36.9 Å². The number of hydrogen-bond donors (Lipinski definition) is 5. The molecule has 5 N–H and O–H groups in total. The largest absolute Gasteiger partial charge is 0.700 e. The van der Waals surface area contributed by atoms with Crippen LogP contribution in [-0.2, 0) is 36.4 Å². The first-order valence-electron chi connectivity index (χ1n) is 4.56. The lowest BCUT2D eigenvalue weighted by Crippen LogP contribution is -2.45. The van der Waals surface area contributed by atoms with E-state index < -0.39 is 51.2 Å². The van der Waals surface area contributed by atoms with E-state index in [4.69, 9.17) is 19.6 Å². The second-order valence-electron chi connectivity index (χ2n) is 3.13. The molecule has 0 aromatic carbocycles. The van der Waals surface area contributed by atoms with Gasteiger partial charge in [0, 0.05) is 18.3 Å². The van der Waals surface area contributed by atoms with Crippen LogP contribution >= 0.6 is 33.0 Å². The summed E-state index contributed by atoms with van der Waals surface area (Å²) in [5, 5.41) is 9.77. The number of aliphatic hydroxyl groups is 1. The molecule has 0 aromatic rings. The summed E-state index contributed by atoms with van der Waals surface area (Å²) in [4.78, 5) is 34.3. The van der Waals surface area contributed by atoms with Gasteiger partial charge in [-0.2, -0.15) is 0 Å². The van der Waals surface area contributed by atoms with E-state index in [0.717, 1.165) is 6.92 Å². The van der Waals surface area contributed by atoms with Crippen LogP contribution in [0.2, 0.25) is 0 Å². The maximum Gasteiger partial charge on any atom is 0.700 e. The summed E-state index contributed by atoms with van der Waals surface area (Å²) in [6.07, 6.45) is -2.16. The summed E-state index contributed by atoms with van der Waals surface area (Å²) in [6, 6.07) is 0. The van der Waals surface area contributed by atoms with Crippen LogP contribution in [0.4, 0.5) is 0 Å². The molecule has 0 aliphatic carbocycles. The lowest BCUT2D eigenvalue weighted by Gasteiger charge is -2.22. The van der Waals surface area contributed by atoms with E-state index in [1.54, 1.807) is 0 Å². The maximum absolute atomic E-state index is 10.6. The first-order valence-corrected chi connectivity index (χ1v) is 9.08. The van der Waals surface area contributed by atoms with E-state index in [2.05, 4.69) is 18.1 Å². The highest BCUT2D eigenvalue weighted by molar-refractivity contribution is 7.33. The normalized spacial score (nSPS) is 20.1. The molecule has 0 spiro atoms. The number of hydrogen-bond acceptors (Lipinski definition) is 9. The van der Waals surface area contributed by atoms with Crippen molar-refractivity contribution in [1.29, 1.82) is 0 Å². The van der Waals surface area contributed by atoms with E-state index in [1.165, 1.54) is 0 Å². The molecule has 0 aliphatic heterocycles. The first-order chi connectivity index (χ1) is 9.47. The predicted molar refractivity (Wildman–Crippen MR) is 61.5 cm³/mol. The van der Waals surface area contributed by atoms with Crippen molar-refractivity contribution in [2.24, 2.45) is 5.92 Å². The van der Waals surface area contributed by atoms with Gasteiger partial charge in [0.15, 0.2) is 0 Å². The Hall–Kier alpha value is 0.0400. The van der Waals surface area contributed by atoms with Crippen molar-refractivity contribution in [3.63, 3.8) is 0 Å².